The minimum Gasteiger partial charge on any atom is -0.294 e. The summed E-state index contributed by atoms with van der Waals surface area (Å²) in [6.07, 6.45) is 2.09. The molecule has 3 aromatic heterocycles. The van der Waals surface area contributed by atoms with Gasteiger partial charge in [0.25, 0.3) is 0 Å². The lowest BCUT2D eigenvalue weighted by atomic mass is 9.94. The van der Waals surface area contributed by atoms with Crippen molar-refractivity contribution in [1.82, 2.24) is 14.0 Å². The fourth-order valence-corrected chi connectivity index (χ4v) is 5.02. The summed E-state index contributed by atoms with van der Waals surface area (Å²) in [6, 6.07) is 42.7. The Balaban J connectivity index is 1.43. The first-order chi connectivity index (χ1) is 16.9. The van der Waals surface area contributed by atoms with Crippen LogP contribution in [0.15, 0.2) is 128 Å². The topological polar surface area (TPSA) is 22.2 Å². The molecule has 0 N–H and O–H groups in total. The molecule has 0 atom stereocenters. The lowest BCUT2D eigenvalue weighted by Gasteiger charge is -2.12. The summed E-state index contributed by atoms with van der Waals surface area (Å²) < 4.78 is 4.49. The van der Waals surface area contributed by atoms with E-state index in [-0.39, 0.29) is 0 Å². The van der Waals surface area contributed by atoms with Crippen molar-refractivity contribution in [2.75, 3.05) is 0 Å². The molecule has 0 radical (unpaired) electrons. The van der Waals surface area contributed by atoms with Gasteiger partial charge in [-0.1, -0.05) is 91.0 Å². The van der Waals surface area contributed by atoms with Crippen LogP contribution in [0.25, 0.3) is 55.7 Å². The highest BCUT2D eigenvalue weighted by atomic mass is 15.1. The van der Waals surface area contributed by atoms with Crippen LogP contribution in [0.1, 0.15) is 0 Å². The molecule has 3 nitrogen and oxygen atoms in total. The van der Waals surface area contributed by atoms with E-state index in [9.17, 15) is 0 Å². The van der Waals surface area contributed by atoms with E-state index in [1.165, 1.54) is 27.6 Å². The molecule has 7 aromatic rings. The first-order valence-corrected chi connectivity index (χ1v) is 11.5. The highest BCUT2D eigenvalue weighted by Crippen LogP contribution is 2.35. The van der Waals surface area contributed by atoms with Crippen LogP contribution in [0.3, 0.4) is 0 Å². The number of imidazole rings is 1. The van der Waals surface area contributed by atoms with E-state index in [0.29, 0.717) is 0 Å². The van der Waals surface area contributed by atoms with Crippen LogP contribution in [0.5, 0.6) is 0 Å². The van der Waals surface area contributed by atoms with Crippen LogP contribution in [-0.4, -0.2) is 14.0 Å². The fraction of sp³-hybridized carbons (Fsp3) is 0. The number of fused-ring (bicyclic) bond motifs is 5. The van der Waals surface area contributed by atoms with Gasteiger partial charge in [0.05, 0.1) is 5.52 Å². The largest absolute Gasteiger partial charge is 0.294 e. The number of rotatable bonds is 3. The Morgan fingerprint density at radius 2 is 1.18 bits per heavy atom. The second kappa shape index (κ2) is 7.46. The van der Waals surface area contributed by atoms with Crippen LogP contribution in [0.2, 0.25) is 0 Å². The summed E-state index contributed by atoms with van der Waals surface area (Å²) in [5.41, 5.74) is 10.3. The van der Waals surface area contributed by atoms with Crippen molar-refractivity contribution < 1.29 is 0 Å². The SMILES string of the molecule is c1ccc(-c2ccccc2-c2ccc(-n3c4ccccc4c4nc5ccccn5c43)cc2)cc1. The Morgan fingerprint density at radius 3 is 1.97 bits per heavy atom. The maximum Gasteiger partial charge on any atom is 0.150 e. The molecular formula is C31H21N3. The van der Waals surface area contributed by atoms with E-state index < -0.39 is 0 Å². The summed E-state index contributed by atoms with van der Waals surface area (Å²) in [7, 11) is 0. The van der Waals surface area contributed by atoms with Gasteiger partial charge in [0, 0.05) is 17.3 Å². The van der Waals surface area contributed by atoms with Gasteiger partial charge in [-0.15, -0.1) is 0 Å². The van der Waals surface area contributed by atoms with Crippen LogP contribution in [-0.2, 0) is 0 Å². The van der Waals surface area contributed by atoms with Gasteiger partial charge in [-0.2, -0.15) is 0 Å². The van der Waals surface area contributed by atoms with Crippen molar-refractivity contribution in [2.24, 2.45) is 0 Å². The van der Waals surface area contributed by atoms with Crippen LogP contribution in [0.4, 0.5) is 0 Å². The van der Waals surface area contributed by atoms with Gasteiger partial charge in [0.2, 0.25) is 0 Å². The van der Waals surface area contributed by atoms with Gasteiger partial charge in [-0.25, -0.2) is 4.98 Å². The molecule has 160 valence electrons. The molecule has 0 amide bonds. The predicted molar refractivity (Wildman–Crippen MR) is 140 cm³/mol. The molecule has 0 saturated heterocycles. The fourth-order valence-electron chi connectivity index (χ4n) is 5.02. The van der Waals surface area contributed by atoms with Crippen molar-refractivity contribution in [2.45, 2.75) is 0 Å². The molecule has 0 aliphatic rings. The number of para-hydroxylation sites is 1. The summed E-state index contributed by atoms with van der Waals surface area (Å²) in [6.45, 7) is 0. The first-order valence-electron chi connectivity index (χ1n) is 11.5. The Kier molecular flexibility index (Phi) is 4.15. The standard InChI is InChI=1S/C31H21N3/c1-2-10-22(11-3-1)25-12-4-5-13-26(25)23-17-19-24(20-18-23)34-28-15-7-6-14-27(28)30-31(34)33-21-9-8-16-29(33)32-30/h1-21H. The number of pyridine rings is 1. The number of hydrogen-bond donors (Lipinski definition) is 0. The quantitative estimate of drug-likeness (QED) is 0.278. The smallest absolute Gasteiger partial charge is 0.150 e. The van der Waals surface area contributed by atoms with Crippen LogP contribution < -0.4 is 0 Å². The summed E-state index contributed by atoms with van der Waals surface area (Å²) in [4.78, 5) is 4.94. The van der Waals surface area contributed by atoms with E-state index in [0.717, 1.165) is 28.0 Å². The third kappa shape index (κ3) is 2.81. The Morgan fingerprint density at radius 1 is 0.529 bits per heavy atom. The summed E-state index contributed by atoms with van der Waals surface area (Å²) in [5, 5.41) is 1.17. The maximum atomic E-state index is 4.94. The second-order valence-electron chi connectivity index (χ2n) is 8.52. The van der Waals surface area contributed by atoms with E-state index in [4.69, 9.17) is 4.98 Å². The number of nitrogens with zero attached hydrogens (tertiary/aromatic N) is 3. The van der Waals surface area contributed by atoms with Gasteiger partial charge in [-0.05, 0) is 52.6 Å². The minimum absolute atomic E-state index is 0.959. The Hall–Kier alpha value is -4.63. The van der Waals surface area contributed by atoms with Gasteiger partial charge in [0.15, 0.2) is 5.65 Å². The monoisotopic (exact) mass is 435 g/mol. The summed E-state index contributed by atoms with van der Waals surface area (Å²) in [5.74, 6) is 0. The van der Waals surface area contributed by atoms with Crippen LogP contribution >= 0.6 is 0 Å². The zero-order chi connectivity index (χ0) is 22.5. The molecule has 3 heteroatoms. The van der Waals surface area contributed by atoms with Crippen molar-refractivity contribution in [1.29, 1.82) is 0 Å². The van der Waals surface area contributed by atoms with Gasteiger partial charge in [0.1, 0.15) is 11.2 Å². The van der Waals surface area contributed by atoms with Crippen molar-refractivity contribution in [3.05, 3.63) is 128 Å². The van der Waals surface area contributed by atoms with E-state index >= 15 is 0 Å². The zero-order valence-electron chi connectivity index (χ0n) is 18.5. The lowest BCUT2D eigenvalue weighted by molar-refractivity contribution is 1.09. The van der Waals surface area contributed by atoms with Crippen LogP contribution in [0, 0.1) is 0 Å². The van der Waals surface area contributed by atoms with Gasteiger partial charge >= 0.3 is 0 Å². The molecule has 0 fully saturated rings. The normalized spacial score (nSPS) is 11.5. The molecule has 7 rings (SSSR count). The van der Waals surface area contributed by atoms with E-state index in [2.05, 4.69) is 130 Å². The van der Waals surface area contributed by atoms with Crippen molar-refractivity contribution in [3.8, 4) is 27.9 Å². The highest BCUT2D eigenvalue weighted by Gasteiger charge is 2.17. The average molecular weight is 436 g/mol. The maximum absolute atomic E-state index is 4.94. The van der Waals surface area contributed by atoms with Gasteiger partial charge < -0.3 is 0 Å². The van der Waals surface area contributed by atoms with Crippen molar-refractivity contribution in [3.63, 3.8) is 0 Å². The van der Waals surface area contributed by atoms with Gasteiger partial charge in [-0.3, -0.25) is 8.97 Å². The zero-order valence-corrected chi connectivity index (χ0v) is 18.5. The predicted octanol–water partition coefficient (Wildman–Crippen LogP) is 7.77. The molecular weight excluding hydrogens is 414 g/mol. The van der Waals surface area contributed by atoms with Crippen molar-refractivity contribution >= 4 is 27.7 Å². The summed E-state index contributed by atoms with van der Waals surface area (Å²) >= 11 is 0. The third-order valence-electron chi connectivity index (χ3n) is 6.56. The molecule has 0 spiro atoms. The molecule has 0 aliphatic heterocycles. The lowest BCUT2D eigenvalue weighted by Crippen LogP contribution is -1.97. The Labute approximate surface area is 197 Å². The molecule has 3 heterocycles. The minimum atomic E-state index is 0.959. The third-order valence-corrected chi connectivity index (χ3v) is 6.56. The number of hydrogen-bond acceptors (Lipinski definition) is 1. The molecule has 0 unspecified atom stereocenters. The second-order valence-corrected chi connectivity index (χ2v) is 8.52. The number of aromatic nitrogens is 3. The van der Waals surface area contributed by atoms with E-state index in [1.807, 2.05) is 6.07 Å². The Bertz CT molecular complexity index is 1780. The highest BCUT2D eigenvalue weighted by molar-refractivity contribution is 6.07. The number of benzene rings is 4. The van der Waals surface area contributed by atoms with E-state index in [1.54, 1.807) is 0 Å². The molecule has 4 aromatic carbocycles. The first kappa shape index (κ1) is 18.9. The molecule has 0 bridgehead atoms. The average Bonchev–Trinajstić information content (AvgIpc) is 3.44. The molecule has 0 saturated carbocycles. The molecule has 34 heavy (non-hydrogen) atoms. The molecule has 0 aliphatic carbocycles.